The van der Waals surface area contributed by atoms with Gasteiger partial charge in [0, 0.05) is 16.7 Å². The lowest BCUT2D eigenvalue weighted by atomic mass is 10.2. The molecule has 128 valence electrons. The largest absolute Gasteiger partial charge is 0.351 e. The first-order valence-electron chi connectivity index (χ1n) is 7.74. The molecule has 0 saturated carbocycles. The lowest BCUT2D eigenvalue weighted by Gasteiger charge is -2.10. The molecule has 1 amide bonds. The Labute approximate surface area is 150 Å². The van der Waals surface area contributed by atoms with Gasteiger partial charge in [0.05, 0.1) is 12.4 Å². The van der Waals surface area contributed by atoms with Crippen LogP contribution in [0.1, 0.15) is 22.5 Å². The molecule has 24 heavy (non-hydrogen) atoms. The Morgan fingerprint density at radius 1 is 1.25 bits per heavy atom. The molecule has 0 atom stereocenters. The van der Waals surface area contributed by atoms with E-state index in [0.717, 1.165) is 28.7 Å². The van der Waals surface area contributed by atoms with Crippen molar-refractivity contribution in [2.45, 2.75) is 13.3 Å². The number of rotatable bonds is 7. The molecule has 7 heteroatoms. The zero-order chi connectivity index (χ0) is 17.5. The Balaban J connectivity index is 1.90. The van der Waals surface area contributed by atoms with E-state index >= 15 is 0 Å². The fourth-order valence-electron chi connectivity index (χ4n) is 2.07. The number of carbonyl (C=O) groups excluding carboxylic acids is 1. The van der Waals surface area contributed by atoms with Gasteiger partial charge in [0.15, 0.2) is 0 Å². The van der Waals surface area contributed by atoms with Crippen LogP contribution in [0.2, 0.25) is 0 Å². The molecule has 2 rings (SSSR count). The van der Waals surface area contributed by atoms with Crippen molar-refractivity contribution in [3.63, 3.8) is 0 Å². The van der Waals surface area contributed by atoms with Gasteiger partial charge >= 0.3 is 0 Å². The van der Waals surface area contributed by atoms with Crippen LogP contribution >= 0.6 is 15.9 Å². The van der Waals surface area contributed by atoms with Crippen LogP contribution in [-0.2, 0) is 0 Å². The van der Waals surface area contributed by atoms with Gasteiger partial charge in [-0.05, 0) is 57.7 Å². The predicted octanol–water partition coefficient (Wildman–Crippen LogP) is 2.97. The zero-order valence-corrected chi connectivity index (χ0v) is 15.7. The fraction of sp³-hybridized carbons (Fsp3) is 0.353. The van der Waals surface area contributed by atoms with Crippen LogP contribution in [0.5, 0.6) is 0 Å². The summed E-state index contributed by atoms with van der Waals surface area (Å²) in [6.07, 6.45) is 3.94. The van der Waals surface area contributed by atoms with Gasteiger partial charge in [-0.15, -0.1) is 0 Å². The highest BCUT2D eigenvalue weighted by molar-refractivity contribution is 9.10. The van der Waals surface area contributed by atoms with E-state index in [0.29, 0.717) is 18.1 Å². The summed E-state index contributed by atoms with van der Waals surface area (Å²) in [6, 6.07) is 5.93. The molecule has 1 heterocycles. The maximum absolute atomic E-state index is 12.0. The summed E-state index contributed by atoms with van der Waals surface area (Å²) < 4.78 is 1.06. The van der Waals surface area contributed by atoms with E-state index in [2.05, 4.69) is 41.4 Å². The summed E-state index contributed by atoms with van der Waals surface area (Å²) >= 11 is 3.47. The van der Waals surface area contributed by atoms with Gasteiger partial charge in [0.1, 0.15) is 11.5 Å². The number of hydrogen-bond donors (Lipinski definition) is 2. The van der Waals surface area contributed by atoms with Crippen molar-refractivity contribution < 1.29 is 4.79 Å². The van der Waals surface area contributed by atoms with E-state index in [1.165, 1.54) is 6.20 Å². The monoisotopic (exact) mass is 391 g/mol. The lowest BCUT2D eigenvalue weighted by molar-refractivity contribution is 0.0947. The summed E-state index contributed by atoms with van der Waals surface area (Å²) in [5, 5.41) is 6.01. The van der Waals surface area contributed by atoms with Crippen LogP contribution in [-0.4, -0.2) is 48.0 Å². The number of nitrogens with one attached hydrogen (secondary N) is 2. The normalized spacial score (nSPS) is 10.7. The average molecular weight is 392 g/mol. The molecule has 6 nitrogen and oxygen atoms in total. The maximum atomic E-state index is 12.0. The Bertz CT molecular complexity index is 688. The molecule has 2 aromatic rings. The average Bonchev–Trinajstić information content (AvgIpc) is 2.55. The number of nitrogens with zero attached hydrogens (tertiary/aromatic N) is 3. The van der Waals surface area contributed by atoms with Gasteiger partial charge in [-0.2, -0.15) is 0 Å². The molecule has 0 saturated heterocycles. The van der Waals surface area contributed by atoms with E-state index in [-0.39, 0.29) is 5.91 Å². The van der Waals surface area contributed by atoms with Crippen LogP contribution in [0, 0.1) is 6.92 Å². The smallest absolute Gasteiger partial charge is 0.271 e. The number of halogens is 1. The minimum atomic E-state index is -0.202. The predicted molar refractivity (Wildman–Crippen MR) is 99.7 cm³/mol. The molecular formula is C17H22BrN5O. The minimum Gasteiger partial charge on any atom is -0.351 e. The van der Waals surface area contributed by atoms with Crippen molar-refractivity contribution in [1.82, 2.24) is 20.2 Å². The second kappa shape index (κ2) is 8.75. The van der Waals surface area contributed by atoms with Crippen LogP contribution in [0.15, 0.2) is 35.1 Å². The van der Waals surface area contributed by atoms with Gasteiger partial charge in [0.2, 0.25) is 0 Å². The van der Waals surface area contributed by atoms with Crippen LogP contribution in [0.3, 0.4) is 0 Å². The molecule has 0 bridgehead atoms. The molecule has 0 unspecified atom stereocenters. The van der Waals surface area contributed by atoms with Gasteiger partial charge in [-0.25, -0.2) is 9.97 Å². The summed E-state index contributed by atoms with van der Waals surface area (Å²) in [6.45, 7) is 3.57. The van der Waals surface area contributed by atoms with E-state index in [1.807, 2.05) is 39.2 Å². The van der Waals surface area contributed by atoms with Crippen molar-refractivity contribution in [2.24, 2.45) is 0 Å². The van der Waals surface area contributed by atoms with Gasteiger partial charge in [-0.1, -0.05) is 15.9 Å². The molecule has 0 aliphatic heterocycles. The summed E-state index contributed by atoms with van der Waals surface area (Å²) in [5.41, 5.74) is 2.37. The number of benzene rings is 1. The van der Waals surface area contributed by atoms with Gasteiger partial charge in [-0.3, -0.25) is 4.79 Å². The molecule has 2 N–H and O–H groups in total. The van der Waals surface area contributed by atoms with Gasteiger partial charge in [0.25, 0.3) is 5.91 Å². The van der Waals surface area contributed by atoms with Crippen molar-refractivity contribution in [3.05, 3.63) is 46.3 Å². The Hall–Kier alpha value is -1.99. The third-order valence-electron chi connectivity index (χ3n) is 3.38. The molecule has 0 fully saturated rings. The van der Waals surface area contributed by atoms with Crippen molar-refractivity contribution in [2.75, 3.05) is 32.5 Å². The first-order valence-corrected chi connectivity index (χ1v) is 8.53. The number of aromatic nitrogens is 2. The quantitative estimate of drug-likeness (QED) is 0.709. The number of aryl methyl sites for hydroxylation is 1. The van der Waals surface area contributed by atoms with Crippen LogP contribution in [0.25, 0.3) is 0 Å². The van der Waals surface area contributed by atoms with Crippen LogP contribution in [0.4, 0.5) is 11.5 Å². The molecule has 1 aromatic carbocycles. The van der Waals surface area contributed by atoms with Crippen molar-refractivity contribution in [3.8, 4) is 0 Å². The highest BCUT2D eigenvalue weighted by Crippen LogP contribution is 2.21. The lowest BCUT2D eigenvalue weighted by Crippen LogP contribution is -2.27. The highest BCUT2D eigenvalue weighted by Gasteiger charge is 2.07. The molecule has 0 radical (unpaired) electrons. The third kappa shape index (κ3) is 5.58. The molecular weight excluding hydrogens is 370 g/mol. The first kappa shape index (κ1) is 18.4. The van der Waals surface area contributed by atoms with E-state index < -0.39 is 0 Å². The van der Waals surface area contributed by atoms with E-state index in [9.17, 15) is 4.79 Å². The third-order valence-corrected chi connectivity index (χ3v) is 4.27. The Morgan fingerprint density at radius 2 is 2.04 bits per heavy atom. The SMILES string of the molecule is Cc1cc(Nc2cnc(C(=O)NCCCN(C)C)cn2)ccc1Br. The van der Waals surface area contributed by atoms with E-state index in [1.54, 1.807) is 6.20 Å². The minimum absolute atomic E-state index is 0.202. The number of anilines is 2. The molecule has 1 aromatic heterocycles. The van der Waals surface area contributed by atoms with E-state index in [4.69, 9.17) is 0 Å². The number of carbonyl (C=O) groups is 1. The Kier molecular flexibility index (Phi) is 6.69. The summed E-state index contributed by atoms with van der Waals surface area (Å²) in [7, 11) is 4.01. The van der Waals surface area contributed by atoms with Crippen molar-refractivity contribution >= 4 is 33.3 Å². The maximum Gasteiger partial charge on any atom is 0.271 e. The highest BCUT2D eigenvalue weighted by atomic mass is 79.9. The fourth-order valence-corrected chi connectivity index (χ4v) is 2.31. The number of hydrogen-bond acceptors (Lipinski definition) is 5. The summed E-state index contributed by atoms with van der Waals surface area (Å²) in [5.74, 6) is 0.396. The second-order valence-electron chi connectivity index (χ2n) is 5.79. The molecule has 0 aliphatic rings. The number of amides is 1. The first-order chi connectivity index (χ1) is 11.5. The molecule has 0 aliphatic carbocycles. The van der Waals surface area contributed by atoms with Crippen molar-refractivity contribution in [1.29, 1.82) is 0 Å². The second-order valence-corrected chi connectivity index (χ2v) is 6.64. The topological polar surface area (TPSA) is 70.2 Å². The zero-order valence-electron chi connectivity index (χ0n) is 14.1. The molecule has 0 spiro atoms. The van der Waals surface area contributed by atoms with Gasteiger partial charge < -0.3 is 15.5 Å². The Morgan fingerprint density at radius 3 is 2.67 bits per heavy atom. The summed E-state index contributed by atoms with van der Waals surface area (Å²) in [4.78, 5) is 22.5. The standard InChI is InChI=1S/C17H22BrN5O/c1-12-9-13(5-6-14(12)18)22-16-11-20-15(10-21-16)17(24)19-7-4-8-23(2)3/h5-6,9-11H,4,7-8H2,1-3H3,(H,19,24)(H,21,22). The van der Waals surface area contributed by atoms with Crippen LogP contribution < -0.4 is 10.6 Å².